The molecule has 1 aromatic rings. The molecule has 4 nitrogen and oxygen atoms in total. The van der Waals surface area contributed by atoms with Crippen LogP contribution in [0.1, 0.15) is 45.3 Å². The molecule has 1 fully saturated rings. The summed E-state index contributed by atoms with van der Waals surface area (Å²) in [5, 5.41) is 0. The third-order valence-corrected chi connectivity index (χ3v) is 3.40. The minimum absolute atomic E-state index is 0.0207. The third kappa shape index (κ3) is 3.69. The van der Waals surface area contributed by atoms with Gasteiger partial charge in [-0.25, -0.2) is 9.78 Å². The van der Waals surface area contributed by atoms with Crippen molar-refractivity contribution in [3.8, 4) is 0 Å². The molecule has 0 aromatic carbocycles. The van der Waals surface area contributed by atoms with Gasteiger partial charge in [-0.3, -0.25) is 4.90 Å². The standard InChI is InChI=1S/C14H19BrN2O2/c1-14(2,3)19-13(18)17-9-5-7-11(17)10-6-4-8-12(15)16-10/h4,6,8,11H,5,7,9H2,1-3H3/t11-/m0/s1. The Morgan fingerprint density at radius 2 is 2.21 bits per heavy atom. The van der Waals surface area contributed by atoms with E-state index < -0.39 is 5.60 Å². The number of amides is 1. The van der Waals surface area contributed by atoms with Gasteiger partial charge >= 0.3 is 6.09 Å². The number of aromatic nitrogens is 1. The van der Waals surface area contributed by atoms with Gasteiger partial charge in [0, 0.05) is 6.54 Å². The van der Waals surface area contributed by atoms with E-state index in [-0.39, 0.29) is 12.1 Å². The Kier molecular flexibility index (Phi) is 4.13. The van der Waals surface area contributed by atoms with Crippen molar-refractivity contribution >= 4 is 22.0 Å². The van der Waals surface area contributed by atoms with Gasteiger partial charge in [-0.1, -0.05) is 6.07 Å². The maximum absolute atomic E-state index is 12.2. The van der Waals surface area contributed by atoms with Gasteiger partial charge in [-0.15, -0.1) is 0 Å². The summed E-state index contributed by atoms with van der Waals surface area (Å²) in [7, 11) is 0. The van der Waals surface area contributed by atoms with Crippen molar-refractivity contribution in [1.29, 1.82) is 0 Å². The second kappa shape index (κ2) is 5.49. The first-order valence-electron chi connectivity index (χ1n) is 6.49. The highest BCUT2D eigenvalue weighted by atomic mass is 79.9. The Hall–Kier alpha value is -1.10. The van der Waals surface area contributed by atoms with E-state index >= 15 is 0 Å². The predicted octanol–water partition coefficient (Wildman–Crippen LogP) is 3.92. The van der Waals surface area contributed by atoms with E-state index in [2.05, 4.69) is 20.9 Å². The van der Waals surface area contributed by atoms with E-state index in [9.17, 15) is 4.79 Å². The fourth-order valence-electron chi connectivity index (χ4n) is 2.22. The lowest BCUT2D eigenvalue weighted by Gasteiger charge is -2.28. The van der Waals surface area contributed by atoms with Gasteiger partial charge in [-0.05, 0) is 61.7 Å². The van der Waals surface area contributed by atoms with Gasteiger partial charge in [0.2, 0.25) is 0 Å². The molecule has 1 aliphatic rings. The lowest BCUT2D eigenvalue weighted by atomic mass is 10.1. The molecular formula is C14H19BrN2O2. The second-order valence-corrected chi connectivity index (χ2v) is 6.53. The molecule has 0 radical (unpaired) electrons. The average molecular weight is 327 g/mol. The first-order chi connectivity index (χ1) is 8.87. The maximum Gasteiger partial charge on any atom is 0.410 e. The van der Waals surface area contributed by atoms with E-state index in [0.717, 1.165) is 29.7 Å². The molecule has 0 N–H and O–H groups in total. The molecule has 0 aliphatic carbocycles. The van der Waals surface area contributed by atoms with Crippen LogP contribution < -0.4 is 0 Å². The van der Waals surface area contributed by atoms with Crippen molar-refractivity contribution < 1.29 is 9.53 Å². The molecule has 2 rings (SSSR count). The van der Waals surface area contributed by atoms with Gasteiger partial charge in [0.25, 0.3) is 0 Å². The molecule has 0 bridgehead atoms. The van der Waals surface area contributed by atoms with Gasteiger partial charge in [-0.2, -0.15) is 0 Å². The van der Waals surface area contributed by atoms with Gasteiger partial charge in [0.05, 0.1) is 11.7 Å². The van der Waals surface area contributed by atoms with E-state index in [1.165, 1.54) is 0 Å². The van der Waals surface area contributed by atoms with Crippen molar-refractivity contribution in [2.45, 2.75) is 45.3 Å². The monoisotopic (exact) mass is 326 g/mol. The van der Waals surface area contributed by atoms with Gasteiger partial charge < -0.3 is 4.74 Å². The molecule has 0 unspecified atom stereocenters. The van der Waals surface area contributed by atoms with Crippen LogP contribution in [-0.4, -0.2) is 28.1 Å². The Balaban J connectivity index is 2.15. The quantitative estimate of drug-likeness (QED) is 0.734. The molecule has 1 saturated heterocycles. The normalized spacial score (nSPS) is 19.6. The fraction of sp³-hybridized carbons (Fsp3) is 0.571. The molecule has 0 saturated carbocycles. The summed E-state index contributed by atoms with van der Waals surface area (Å²) in [5.41, 5.74) is 0.451. The number of carbonyl (C=O) groups is 1. The first-order valence-corrected chi connectivity index (χ1v) is 7.28. The minimum atomic E-state index is -0.463. The van der Waals surface area contributed by atoms with Crippen LogP contribution in [0.3, 0.4) is 0 Å². The third-order valence-electron chi connectivity index (χ3n) is 2.96. The van der Waals surface area contributed by atoms with Crippen LogP contribution in [0.15, 0.2) is 22.8 Å². The van der Waals surface area contributed by atoms with Crippen molar-refractivity contribution in [2.75, 3.05) is 6.54 Å². The topological polar surface area (TPSA) is 42.4 Å². The Morgan fingerprint density at radius 1 is 1.47 bits per heavy atom. The van der Waals surface area contributed by atoms with Crippen LogP contribution in [-0.2, 0) is 4.74 Å². The number of carbonyl (C=O) groups excluding carboxylic acids is 1. The number of halogens is 1. The molecule has 104 valence electrons. The number of hydrogen-bond donors (Lipinski definition) is 0. The van der Waals surface area contributed by atoms with Gasteiger partial charge in [0.15, 0.2) is 0 Å². The summed E-state index contributed by atoms with van der Waals surface area (Å²) in [6, 6.07) is 5.80. The number of rotatable bonds is 1. The van der Waals surface area contributed by atoms with E-state index in [1.54, 1.807) is 4.90 Å². The van der Waals surface area contributed by atoms with Crippen LogP contribution in [0, 0.1) is 0 Å². The minimum Gasteiger partial charge on any atom is -0.444 e. The largest absolute Gasteiger partial charge is 0.444 e. The zero-order chi connectivity index (χ0) is 14.0. The molecular weight excluding hydrogens is 308 g/mol. The van der Waals surface area contributed by atoms with Crippen LogP contribution >= 0.6 is 15.9 Å². The molecule has 0 spiro atoms. The van der Waals surface area contributed by atoms with Crippen molar-refractivity contribution in [2.24, 2.45) is 0 Å². The molecule has 5 heteroatoms. The van der Waals surface area contributed by atoms with Crippen molar-refractivity contribution in [3.05, 3.63) is 28.5 Å². The SMILES string of the molecule is CC(C)(C)OC(=O)N1CCC[C@H]1c1cccc(Br)n1. The summed E-state index contributed by atoms with van der Waals surface area (Å²) in [5.74, 6) is 0. The molecule has 1 aromatic heterocycles. The molecule has 1 aliphatic heterocycles. The zero-order valence-corrected chi connectivity index (χ0v) is 13.1. The summed E-state index contributed by atoms with van der Waals surface area (Å²) < 4.78 is 6.24. The van der Waals surface area contributed by atoms with E-state index in [4.69, 9.17) is 4.74 Å². The summed E-state index contributed by atoms with van der Waals surface area (Å²) >= 11 is 3.37. The lowest BCUT2D eigenvalue weighted by molar-refractivity contribution is 0.0221. The average Bonchev–Trinajstić information content (AvgIpc) is 2.75. The molecule has 19 heavy (non-hydrogen) atoms. The highest BCUT2D eigenvalue weighted by Gasteiger charge is 2.33. The van der Waals surface area contributed by atoms with Crippen LogP contribution in [0.4, 0.5) is 4.79 Å². The number of hydrogen-bond acceptors (Lipinski definition) is 3. The number of ether oxygens (including phenoxy) is 1. The van der Waals surface area contributed by atoms with Crippen molar-refractivity contribution in [3.63, 3.8) is 0 Å². The fourth-order valence-corrected chi connectivity index (χ4v) is 2.58. The lowest BCUT2D eigenvalue weighted by Crippen LogP contribution is -2.36. The molecule has 1 atom stereocenters. The number of pyridine rings is 1. The van der Waals surface area contributed by atoms with Crippen LogP contribution in [0.5, 0.6) is 0 Å². The first kappa shape index (κ1) is 14.3. The van der Waals surface area contributed by atoms with Crippen molar-refractivity contribution in [1.82, 2.24) is 9.88 Å². The number of nitrogens with zero attached hydrogens (tertiary/aromatic N) is 2. The number of likely N-dealkylation sites (tertiary alicyclic amines) is 1. The zero-order valence-electron chi connectivity index (χ0n) is 11.5. The smallest absolute Gasteiger partial charge is 0.410 e. The molecule has 2 heterocycles. The summed E-state index contributed by atoms with van der Waals surface area (Å²) in [6.45, 7) is 6.38. The highest BCUT2D eigenvalue weighted by Crippen LogP contribution is 2.32. The Labute approximate surface area is 122 Å². The summed E-state index contributed by atoms with van der Waals surface area (Å²) in [4.78, 5) is 18.4. The van der Waals surface area contributed by atoms with Crippen LogP contribution in [0.25, 0.3) is 0 Å². The van der Waals surface area contributed by atoms with E-state index in [0.29, 0.717) is 0 Å². The Bertz CT molecular complexity index is 471. The summed E-state index contributed by atoms with van der Waals surface area (Å²) in [6.07, 6.45) is 1.66. The van der Waals surface area contributed by atoms with Crippen LogP contribution in [0.2, 0.25) is 0 Å². The second-order valence-electron chi connectivity index (χ2n) is 5.72. The van der Waals surface area contributed by atoms with E-state index in [1.807, 2.05) is 39.0 Å². The Morgan fingerprint density at radius 3 is 2.84 bits per heavy atom. The highest BCUT2D eigenvalue weighted by molar-refractivity contribution is 9.10. The predicted molar refractivity (Wildman–Crippen MR) is 76.9 cm³/mol. The molecule has 1 amide bonds. The maximum atomic E-state index is 12.2. The van der Waals surface area contributed by atoms with Gasteiger partial charge in [0.1, 0.15) is 10.2 Å².